The molecule has 0 saturated heterocycles. The zero-order chi connectivity index (χ0) is 18.5. The molecule has 0 bridgehead atoms. The molecule has 0 radical (unpaired) electrons. The molecule has 0 N–H and O–H groups in total. The predicted molar refractivity (Wildman–Crippen MR) is 104 cm³/mol. The molecule has 3 aromatic rings. The molecule has 0 saturated carbocycles. The van der Waals surface area contributed by atoms with Crippen molar-refractivity contribution in [3.8, 4) is 17.1 Å². The van der Waals surface area contributed by atoms with Crippen LogP contribution in [0.1, 0.15) is 17.3 Å². The second-order valence-electron chi connectivity index (χ2n) is 5.47. The van der Waals surface area contributed by atoms with Crippen LogP contribution in [0.2, 0.25) is 5.02 Å². The number of hydrogen-bond acceptors (Lipinski definition) is 5. The van der Waals surface area contributed by atoms with E-state index in [1.165, 1.54) is 11.8 Å². The van der Waals surface area contributed by atoms with Crippen molar-refractivity contribution in [2.75, 3.05) is 12.9 Å². The zero-order valence-electron chi connectivity index (χ0n) is 14.5. The number of ether oxygens (including phenoxy) is 1. The van der Waals surface area contributed by atoms with Gasteiger partial charge in [-0.25, -0.2) is 0 Å². The summed E-state index contributed by atoms with van der Waals surface area (Å²) in [5, 5.41) is 9.92. The van der Waals surface area contributed by atoms with Gasteiger partial charge < -0.3 is 9.30 Å². The molecule has 2 aromatic carbocycles. The Hall–Kier alpha value is -2.31. The topological polar surface area (TPSA) is 57.0 Å². The highest BCUT2D eigenvalue weighted by Crippen LogP contribution is 2.26. The van der Waals surface area contributed by atoms with Crippen molar-refractivity contribution in [1.82, 2.24) is 14.8 Å². The molecule has 0 amide bonds. The molecule has 0 atom stereocenters. The van der Waals surface area contributed by atoms with Crippen molar-refractivity contribution in [2.24, 2.45) is 0 Å². The molecule has 26 heavy (non-hydrogen) atoms. The summed E-state index contributed by atoms with van der Waals surface area (Å²) in [6.45, 7) is 2.73. The summed E-state index contributed by atoms with van der Waals surface area (Å²) in [4.78, 5) is 12.5. The van der Waals surface area contributed by atoms with Crippen molar-refractivity contribution < 1.29 is 9.53 Å². The number of thioether (sulfide) groups is 1. The Morgan fingerprint density at radius 2 is 1.88 bits per heavy atom. The monoisotopic (exact) mass is 387 g/mol. The Balaban J connectivity index is 1.78. The molecule has 0 fully saturated rings. The van der Waals surface area contributed by atoms with Crippen LogP contribution in [0.5, 0.6) is 5.75 Å². The van der Waals surface area contributed by atoms with E-state index in [4.69, 9.17) is 16.3 Å². The number of methoxy groups -OCH3 is 1. The highest BCUT2D eigenvalue weighted by Gasteiger charge is 2.17. The van der Waals surface area contributed by atoms with Crippen LogP contribution in [0.3, 0.4) is 0 Å². The zero-order valence-corrected chi connectivity index (χ0v) is 16.0. The first-order valence-electron chi connectivity index (χ1n) is 8.12. The van der Waals surface area contributed by atoms with Crippen molar-refractivity contribution in [3.63, 3.8) is 0 Å². The van der Waals surface area contributed by atoms with Gasteiger partial charge in [-0.1, -0.05) is 35.5 Å². The van der Waals surface area contributed by atoms with E-state index in [1.54, 1.807) is 19.2 Å². The highest BCUT2D eigenvalue weighted by molar-refractivity contribution is 7.99. The summed E-state index contributed by atoms with van der Waals surface area (Å²) in [7, 11) is 1.56. The summed E-state index contributed by atoms with van der Waals surface area (Å²) in [6.07, 6.45) is 0. The summed E-state index contributed by atoms with van der Waals surface area (Å²) < 4.78 is 7.25. The first-order valence-corrected chi connectivity index (χ1v) is 9.48. The Morgan fingerprint density at radius 1 is 1.15 bits per heavy atom. The van der Waals surface area contributed by atoms with E-state index < -0.39 is 0 Å². The predicted octanol–water partition coefficient (Wildman–Crippen LogP) is 4.60. The van der Waals surface area contributed by atoms with Gasteiger partial charge in [0.2, 0.25) is 0 Å². The quantitative estimate of drug-likeness (QED) is 0.438. The van der Waals surface area contributed by atoms with E-state index in [1.807, 2.05) is 47.9 Å². The number of carbonyl (C=O) groups excluding carboxylic acids is 1. The SMILES string of the molecule is CCn1c(SCC(=O)c2ccccc2OC)nnc1-c1ccc(Cl)cc1. The van der Waals surface area contributed by atoms with Gasteiger partial charge >= 0.3 is 0 Å². The van der Waals surface area contributed by atoms with Crippen LogP contribution in [-0.4, -0.2) is 33.4 Å². The summed E-state index contributed by atoms with van der Waals surface area (Å²) >= 11 is 7.32. The Labute approximate surface area is 161 Å². The Kier molecular flexibility index (Phi) is 5.96. The number of hydrogen-bond donors (Lipinski definition) is 0. The number of halogens is 1. The lowest BCUT2D eigenvalue weighted by molar-refractivity contribution is 0.101. The summed E-state index contributed by atoms with van der Waals surface area (Å²) in [5.41, 5.74) is 1.51. The highest BCUT2D eigenvalue weighted by atomic mass is 35.5. The van der Waals surface area contributed by atoms with Gasteiger partial charge in [0, 0.05) is 17.1 Å². The molecular weight excluding hydrogens is 370 g/mol. The maximum absolute atomic E-state index is 12.5. The lowest BCUT2D eigenvalue weighted by Crippen LogP contribution is -2.06. The van der Waals surface area contributed by atoms with Crippen LogP contribution in [0.25, 0.3) is 11.4 Å². The third-order valence-corrected chi connectivity index (χ3v) is 5.09. The second kappa shape index (κ2) is 8.38. The lowest BCUT2D eigenvalue weighted by Gasteiger charge is -2.08. The molecule has 7 heteroatoms. The number of benzene rings is 2. The molecule has 1 aromatic heterocycles. The molecule has 0 unspecified atom stereocenters. The van der Waals surface area contributed by atoms with Crippen LogP contribution in [-0.2, 0) is 6.54 Å². The fraction of sp³-hybridized carbons (Fsp3) is 0.211. The molecule has 0 spiro atoms. The minimum absolute atomic E-state index is 0.00820. The van der Waals surface area contributed by atoms with Gasteiger partial charge in [-0.15, -0.1) is 10.2 Å². The van der Waals surface area contributed by atoms with E-state index >= 15 is 0 Å². The lowest BCUT2D eigenvalue weighted by atomic mass is 10.1. The van der Waals surface area contributed by atoms with Crippen LogP contribution < -0.4 is 4.74 Å². The fourth-order valence-corrected chi connectivity index (χ4v) is 3.59. The molecule has 5 nitrogen and oxygen atoms in total. The van der Waals surface area contributed by atoms with E-state index in [9.17, 15) is 4.79 Å². The Bertz CT molecular complexity index is 909. The molecule has 1 heterocycles. The van der Waals surface area contributed by atoms with Crippen molar-refractivity contribution in [2.45, 2.75) is 18.6 Å². The molecular formula is C19H18ClN3O2S. The van der Waals surface area contributed by atoms with Gasteiger partial charge in [0.05, 0.1) is 18.4 Å². The smallest absolute Gasteiger partial charge is 0.191 e. The number of nitrogens with zero attached hydrogens (tertiary/aromatic N) is 3. The van der Waals surface area contributed by atoms with Crippen LogP contribution >= 0.6 is 23.4 Å². The second-order valence-corrected chi connectivity index (χ2v) is 6.85. The van der Waals surface area contributed by atoms with Crippen LogP contribution in [0.4, 0.5) is 0 Å². The molecule has 0 aliphatic rings. The van der Waals surface area contributed by atoms with Gasteiger partial charge in [-0.05, 0) is 43.3 Å². The van der Waals surface area contributed by atoms with Gasteiger partial charge in [-0.3, -0.25) is 4.79 Å². The van der Waals surface area contributed by atoms with E-state index in [0.29, 0.717) is 28.0 Å². The minimum atomic E-state index is -0.00820. The average Bonchev–Trinajstić information content (AvgIpc) is 3.09. The van der Waals surface area contributed by atoms with E-state index in [2.05, 4.69) is 10.2 Å². The number of Topliss-reactive ketones (excluding diaryl/α,β-unsaturated/α-hetero) is 1. The maximum atomic E-state index is 12.5. The van der Waals surface area contributed by atoms with Crippen molar-refractivity contribution in [1.29, 1.82) is 0 Å². The molecule has 0 aliphatic carbocycles. The van der Waals surface area contributed by atoms with Crippen molar-refractivity contribution in [3.05, 3.63) is 59.1 Å². The largest absolute Gasteiger partial charge is 0.496 e. The first-order chi connectivity index (χ1) is 12.6. The van der Waals surface area contributed by atoms with Crippen LogP contribution in [0, 0.1) is 0 Å². The van der Waals surface area contributed by atoms with E-state index in [0.717, 1.165) is 11.4 Å². The Morgan fingerprint density at radius 3 is 2.58 bits per heavy atom. The number of ketones is 1. The molecule has 134 valence electrons. The number of carbonyl (C=O) groups is 1. The number of para-hydroxylation sites is 1. The van der Waals surface area contributed by atoms with Gasteiger partial charge in [0.15, 0.2) is 16.8 Å². The van der Waals surface area contributed by atoms with E-state index in [-0.39, 0.29) is 11.5 Å². The molecule has 0 aliphatic heterocycles. The maximum Gasteiger partial charge on any atom is 0.191 e. The fourth-order valence-electron chi connectivity index (χ4n) is 2.58. The number of rotatable bonds is 7. The number of aromatic nitrogens is 3. The molecule has 3 rings (SSSR count). The van der Waals surface area contributed by atoms with Gasteiger partial charge in [-0.2, -0.15) is 0 Å². The standard InChI is InChI=1S/C19H18ClN3O2S/c1-3-23-18(13-8-10-14(20)11-9-13)21-22-19(23)26-12-16(24)15-6-4-5-7-17(15)25-2/h4-11H,3,12H2,1-2H3. The van der Waals surface area contributed by atoms with Gasteiger partial charge in [0.25, 0.3) is 0 Å². The third-order valence-electron chi connectivity index (χ3n) is 3.88. The third kappa shape index (κ3) is 3.92. The first kappa shape index (κ1) is 18.5. The normalized spacial score (nSPS) is 10.7. The minimum Gasteiger partial charge on any atom is -0.496 e. The van der Waals surface area contributed by atoms with Crippen LogP contribution in [0.15, 0.2) is 53.7 Å². The average molecular weight is 388 g/mol. The van der Waals surface area contributed by atoms with Gasteiger partial charge in [0.1, 0.15) is 5.75 Å². The summed E-state index contributed by atoms with van der Waals surface area (Å²) in [6, 6.07) is 14.7. The van der Waals surface area contributed by atoms with Crippen molar-refractivity contribution >= 4 is 29.1 Å². The summed E-state index contributed by atoms with van der Waals surface area (Å²) in [5.74, 6) is 1.60.